The quantitative estimate of drug-likeness (QED) is 0.869. The first kappa shape index (κ1) is 15.6. The molecule has 0 aliphatic rings. The van der Waals surface area contributed by atoms with E-state index in [4.69, 9.17) is 0 Å². The molecular weight excluding hydrogens is 295 g/mol. The summed E-state index contributed by atoms with van der Waals surface area (Å²) in [6, 6.07) is 5.83. The second-order valence-electron chi connectivity index (χ2n) is 4.90. The normalized spacial score (nSPS) is 13.3. The van der Waals surface area contributed by atoms with E-state index in [0.717, 1.165) is 0 Å². The third-order valence-corrected chi connectivity index (χ3v) is 4.40. The van der Waals surface area contributed by atoms with Crippen LogP contribution in [0.5, 0.6) is 0 Å². The Balaban J connectivity index is 1.99. The van der Waals surface area contributed by atoms with Crippen LogP contribution >= 0.6 is 0 Å². The summed E-state index contributed by atoms with van der Waals surface area (Å²) in [5.41, 5.74) is 0.149. The summed E-state index contributed by atoms with van der Waals surface area (Å²) >= 11 is 0. The lowest BCUT2D eigenvalue weighted by molar-refractivity contribution is 0.562. The number of nitrogens with zero attached hydrogens (tertiary/aromatic N) is 3. The van der Waals surface area contributed by atoms with Gasteiger partial charge in [-0.2, -0.15) is 0 Å². The van der Waals surface area contributed by atoms with E-state index in [0.29, 0.717) is 5.82 Å². The summed E-state index contributed by atoms with van der Waals surface area (Å²) in [6.07, 6.45) is 1.56. The Kier molecular flexibility index (Phi) is 4.69. The van der Waals surface area contributed by atoms with Crippen LogP contribution in [-0.2, 0) is 22.8 Å². The van der Waals surface area contributed by atoms with Gasteiger partial charge in [0.2, 0.25) is 10.0 Å². The van der Waals surface area contributed by atoms with Crippen LogP contribution in [0.25, 0.3) is 0 Å². The van der Waals surface area contributed by atoms with Crippen LogP contribution in [0.15, 0.2) is 30.6 Å². The van der Waals surface area contributed by atoms with Crippen LogP contribution in [0.2, 0.25) is 0 Å². The van der Waals surface area contributed by atoms with E-state index in [1.54, 1.807) is 24.0 Å². The Bertz CT molecular complexity index is 714. The number of benzene rings is 1. The Labute approximate surface area is 123 Å². The van der Waals surface area contributed by atoms with Crippen molar-refractivity contribution in [2.24, 2.45) is 7.05 Å². The van der Waals surface area contributed by atoms with Crippen molar-refractivity contribution in [3.8, 4) is 0 Å². The molecule has 1 atom stereocenters. The first-order valence-corrected chi connectivity index (χ1v) is 8.09. The van der Waals surface area contributed by atoms with Crippen molar-refractivity contribution in [2.75, 3.05) is 6.54 Å². The zero-order valence-corrected chi connectivity index (χ0v) is 12.6. The molecule has 6 nitrogen and oxygen atoms in total. The monoisotopic (exact) mass is 312 g/mol. The number of aromatic nitrogens is 3. The zero-order chi connectivity index (χ0) is 15.5. The largest absolute Gasteiger partial charge is 0.320 e. The molecule has 0 aliphatic heterocycles. The van der Waals surface area contributed by atoms with Gasteiger partial charge in [0.05, 0.1) is 5.75 Å². The van der Waals surface area contributed by atoms with Gasteiger partial charge in [0.15, 0.2) is 0 Å². The molecule has 0 spiro atoms. The topological polar surface area (TPSA) is 76.9 Å². The molecular formula is C13H17FN4O2S. The highest BCUT2D eigenvalue weighted by molar-refractivity contribution is 7.88. The molecule has 1 aromatic heterocycles. The first-order chi connectivity index (χ1) is 9.89. The van der Waals surface area contributed by atoms with Crippen molar-refractivity contribution in [1.29, 1.82) is 0 Å². The van der Waals surface area contributed by atoms with Gasteiger partial charge in [-0.3, -0.25) is 0 Å². The van der Waals surface area contributed by atoms with Gasteiger partial charge < -0.3 is 4.57 Å². The Morgan fingerprint density at radius 3 is 2.71 bits per heavy atom. The summed E-state index contributed by atoms with van der Waals surface area (Å²) in [7, 11) is -1.81. The standard InChI is InChI=1S/C13H17FN4O2S/c1-10(13-17-15-9-18(13)2)7-16-21(19,20)8-11-5-3-4-6-12(11)14/h3-6,9-10,16H,7-8H2,1-2H3/t10-/m0/s1. The number of hydrogen-bond donors (Lipinski definition) is 1. The Morgan fingerprint density at radius 1 is 1.38 bits per heavy atom. The molecule has 1 heterocycles. The number of nitrogens with one attached hydrogen (secondary N) is 1. The van der Waals surface area contributed by atoms with E-state index in [2.05, 4.69) is 14.9 Å². The third-order valence-electron chi connectivity index (χ3n) is 3.10. The SMILES string of the molecule is C[C@@H](CNS(=O)(=O)Cc1ccccc1F)c1nncn1C. The van der Waals surface area contributed by atoms with Crippen molar-refractivity contribution in [1.82, 2.24) is 19.5 Å². The molecule has 0 saturated heterocycles. The highest BCUT2D eigenvalue weighted by atomic mass is 32.2. The fourth-order valence-electron chi connectivity index (χ4n) is 1.95. The predicted octanol–water partition coefficient (Wildman–Crippen LogP) is 1.18. The molecule has 0 amide bonds. The van der Waals surface area contributed by atoms with Crippen LogP contribution < -0.4 is 4.72 Å². The number of rotatable bonds is 6. The van der Waals surface area contributed by atoms with Crippen molar-refractivity contribution in [3.05, 3.63) is 47.8 Å². The Hall–Kier alpha value is -1.80. The average Bonchev–Trinajstić information content (AvgIpc) is 2.85. The van der Waals surface area contributed by atoms with E-state index in [1.165, 1.54) is 18.2 Å². The third kappa shape index (κ3) is 4.08. The second-order valence-corrected chi connectivity index (χ2v) is 6.71. The highest BCUT2D eigenvalue weighted by Gasteiger charge is 2.18. The minimum absolute atomic E-state index is 0.132. The Morgan fingerprint density at radius 2 is 2.10 bits per heavy atom. The molecule has 0 radical (unpaired) electrons. The number of aryl methyl sites for hydroxylation is 1. The lowest BCUT2D eigenvalue weighted by Gasteiger charge is -2.12. The molecule has 2 aromatic rings. The summed E-state index contributed by atoms with van der Waals surface area (Å²) in [5.74, 6) is -0.355. The number of hydrogen-bond acceptors (Lipinski definition) is 4. The zero-order valence-electron chi connectivity index (χ0n) is 11.8. The molecule has 1 N–H and O–H groups in total. The van der Waals surface area contributed by atoms with Crippen LogP contribution in [0.4, 0.5) is 4.39 Å². The molecule has 0 saturated carbocycles. The van der Waals surface area contributed by atoms with Gasteiger partial charge in [0.25, 0.3) is 0 Å². The smallest absolute Gasteiger partial charge is 0.215 e. The maximum Gasteiger partial charge on any atom is 0.215 e. The predicted molar refractivity (Wildman–Crippen MR) is 76.4 cm³/mol. The molecule has 1 aromatic carbocycles. The first-order valence-electron chi connectivity index (χ1n) is 6.43. The lowest BCUT2D eigenvalue weighted by Crippen LogP contribution is -2.29. The fraction of sp³-hybridized carbons (Fsp3) is 0.385. The molecule has 114 valence electrons. The molecule has 0 bridgehead atoms. The van der Waals surface area contributed by atoms with Gasteiger partial charge in [-0.25, -0.2) is 17.5 Å². The number of halogens is 1. The average molecular weight is 312 g/mol. The lowest BCUT2D eigenvalue weighted by atomic mass is 10.2. The van der Waals surface area contributed by atoms with Gasteiger partial charge in [-0.1, -0.05) is 25.1 Å². The summed E-state index contributed by atoms with van der Waals surface area (Å²) < 4.78 is 41.7. The van der Waals surface area contributed by atoms with Gasteiger partial charge in [0.1, 0.15) is 18.0 Å². The molecule has 0 fully saturated rings. The highest BCUT2D eigenvalue weighted by Crippen LogP contribution is 2.12. The summed E-state index contributed by atoms with van der Waals surface area (Å²) in [6.45, 7) is 2.03. The van der Waals surface area contributed by atoms with E-state index in [1.807, 2.05) is 6.92 Å². The van der Waals surface area contributed by atoms with Gasteiger partial charge in [-0.05, 0) is 6.07 Å². The van der Waals surface area contributed by atoms with E-state index in [-0.39, 0.29) is 23.8 Å². The summed E-state index contributed by atoms with van der Waals surface area (Å²) in [4.78, 5) is 0. The van der Waals surface area contributed by atoms with Gasteiger partial charge >= 0.3 is 0 Å². The fourth-order valence-corrected chi connectivity index (χ4v) is 3.20. The minimum atomic E-state index is -3.60. The van der Waals surface area contributed by atoms with E-state index < -0.39 is 15.8 Å². The molecule has 2 rings (SSSR count). The minimum Gasteiger partial charge on any atom is -0.320 e. The molecule has 21 heavy (non-hydrogen) atoms. The van der Waals surface area contributed by atoms with Crippen molar-refractivity contribution < 1.29 is 12.8 Å². The van der Waals surface area contributed by atoms with Gasteiger partial charge in [-0.15, -0.1) is 10.2 Å². The van der Waals surface area contributed by atoms with Crippen LogP contribution in [0, 0.1) is 5.82 Å². The van der Waals surface area contributed by atoms with Crippen LogP contribution in [-0.4, -0.2) is 29.7 Å². The molecule has 0 aliphatic carbocycles. The van der Waals surface area contributed by atoms with E-state index in [9.17, 15) is 12.8 Å². The maximum absolute atomic E-state index is 13.5. The van der Waals surface area contributed by atoms with E-state index >= 15 is 0 Å². The van der Waals surface area contributed by atoms with Crippen molar-refractivity contribution in [3.63, 3.8) is 0 Å². The van der Waals surface area contributed by atoms with Crippen LogP contribution in [0.3, 0.4) is 0 Å². The van der Waals surface area contributed by atoms with Gasteiger partial charge in [0, 0.05) is 25.1 Å². The number of sulfonamides is 1. The van der Waals surface area contributed by atoms with Crippen LogP contribution in [0.1, 0.15) is 24.2 Å². The van der Waals surface area contributed by atoms with Crippen molar-refractivity contribution >= 4 is 10.0 Å². The molecule has 8 heteroatoms. The van der Waals surface area contributed by atoms with Crippen molar-refractivity contribution in [2.45, 2.75) is 18.6 Å². The summed E-state index contributed by atoms with van der Waals surface area (Å²) in [5, 5.41) is 7.69. The maximum atomic E-state index is 13.5. The second kappa shape index (κ2) is 6.31. The molecule has 0 unspecified atom stereocenters.